The number of aryl methyl sites for hydroxylation is 1. The molecule has 0 radical (unpaired) electrons. The van der Waals surface area contributed by atoms with Gasteiger partial charge in [-0.05, 0) is 43.1 Å². The second-order valence-corrected chi connectivity index (χ2v) is 11.8. The number of piperidine rings is 1. The largest absolute Gasteiger partial charge is 0.493 e. The zero-order chi connectivity index (χ0) is 24.8. The Labute approximate surface area is 204 Å². The van der Waals surface area contributed by atoms with Gasteiger partial charge in [0.2, 0.25) is 0 Å². The van der Waals surface area contributed by atoms with Crippen molar-refractivity contribution in [2.45, 2.75) is 48.2 Å². The first-order chi connectivity index (χ1) is 16.6. The zero-order valence-electron chi connectivity index (χ0n) is 18.8. The van der Waals surface area contributed by atoms with Crippen LogP contribution in [0.5, 0.6) is 5.75 Å². The maximum atomic E-state index is 13.6. The highest BCUT2D eigenvalue weighted by Gasteiger charge is 2.47. The van der Waals surface area contributed by atoms with Crippen molar-refractivity contribution < 1.29 is 26.3 Å². The van der Waals surface area contributed by atoms with E-state index in [9.17, 15) is 21.6 Å². The highest BCUT2D eigenvalue weighted by molar-refractivity contribution is 7.90. The van der Waals surface area contributed by atoms with E-state index in [-0.39, 0.29) is 36.1 Å². The van der Waals surface area contributed by atoms with E-state index < -0.39 is 28.0 Å². The second-order valence-electron chi connectivity index (χ2n) is 8.91. The summed E-state index contributed by atoms with van der Waals surface area (Å²) in [6.45, 7) is 0.613. The molecule has 8 nitrogen and oxygen atoms in total. The fourth-order valence-electron chi connectivity index (χ4n) is 4.99. The van der Waals surface area contributed by atoms with Crippen molar-refractivity contribution in [2.24, 2.45) is 13.0 Å². The molecule has 2 aliphatic heterocycles. The molecule has 0 bridgehead atoms. The highest BCUT2D eigenvalue weighted by Crippen LogP contribution is 2.48. The molecule has 1 fully saturated rings. The van der Waals surface area contributed by atoms with Crippen molar-refractivity contribution >= 4 is 21.4 Å². The Bertz CT molecular complexity index is 1290. The van der Waals surface area contributed by atoms with Gasteiger partial charge in [0, 0.05) is 42.9 Å². The van der Waals surface area contributed by atoms with Gasteiger partial charge in [-0.2, -0.15) is 22.6 Å². The summed E-state index contributed by atoms with van der Waals surface area (Å²) in [7, 11) is -1.91. The number of benzene rings is 1. The maximum absolute atomic E-state index is 13.6. The van der Waals surface area contributed by atoms with Crippen molar-refractivity contribution in [3.05, 3.63) is 53.1 Å². The Kier molecular flexibility index (Phi) is 6.34. The SMILES string of the molecule is Cn1cc([C@@H]2C[C@H](C(F)(F)F)CCN2[C@H]2CCOc3cc(S(=O)(=O)Cc4ncns4)ccc32)cn1. The molecule has 1 saturated heterocycles. The Morgan fingerprint density at radius 2 is 2.06 bits per heavy atom. The van der Waals surface area contributed by atoms with Crippen molar-refractivity contribution in [2.75, 3.05) is 13.2 Å². The molecule has 0 saturated carbocycles. The molecule has 2 aliphatic rings. The summed E-state index contributed by atoms with van der Waals surface area (Å²) in [5, 5.41) is 4.58. The van der Waals surface area contributed by atoms with Crippen LogP contribution in [0, 0.1) is 5.92 Å². The maximum Gasteiger partial charge on any atom is 0.391 e. The van der Waals surface area contributed by atoms with E-state index in [2.05, 4.69) is 19.4 Å². The van der Waals surface area contributed by atoms with Gasteiger partial charge in [0.1, 0.15) is 22.8 Å². The standard InChI is InChI=1S/C22H24F3N5O3S2/c1-29-11-14(10-27-29)19-8-15(22(23,24)25)4-6-30(19)18-5-7-33-20-9-16(2-3-17(18)20)35(31,32)12-21-26-13-28-34-21/h2-3,9-11,13,15,18-19H,4-8,12H2,1H3/t15-,18+,19+/m1/s1. The smallest absolute Gasteiger partial charge is 0.391 e. The molecule has 188 valence electrons. The third-order valence-corrected chi connectivity index (χ3v) is 9.16. The van der Waals surface area contributed by atoms with Gasteiger partial charge in [-0.15, -0.1) is 0 Å². The van der Waals surface area contributed by atoms with E-state index in [1.807, 2.05) is 0 Å². The van der Waals surface area contributed by atoms with Crippen molar-refractivity contribution in [1.82, 2.24) is 24.0 Å². The van der Waals surface area contributed by atoms with Crippen molar-refractivity contribution in [3.8, 4) is 5.75 Å². The third kappa shape index (κ3) is 4.94. The molecule has 0 unspecified atom stereocenters. The molecule has 3 aromatic rings. The number of sulfone groups is 1. The third-order valence-electron chi connectivity index (χ3n) is 6.69. The number of rotatable bonds is 5. The topological polar surface area (TPSA) is 90.2 Å². The fourth-order valence-corrected chi connectivity index (χ4v) is 7.10. The first-order valence-electron chi connectivity index (χ1n) is 11.2. The summed E-state index contributed by atoms with van der Waals surface area (Å²) in [6.07, 6.45) is 1.02. The lowest BCUT2D eigenvalue weighted by Crippen LogP contribution is -2.44. The minimum atomic E-state index is -4.25. The monoisotopic (exact) mass is 527 g/mol. The summed E-state index contributed by atoms with van der Waals surface area (Å²) in [5.74, 6) is -1.19. The van der Waals surface area contributed by atoms with E-state index in [4.69, 9.17) is 4.74 Å². The lowest BCUT2D eigenvalue weighted by Gasteiger charge is -2.45. The first-order valence-corrected chi connectivity index (χ1v) is 13.6. The van der Waals surface area contributed by atoms with Crippen LogP contribution >= 0.6 is 11.5 Å². The number of hydrogen-bond donors (Lipinski definition) is 0. The molecule has 0 aliphatic carbocycles. The average molecular weight is 528 g/mol. The number of ether oxygens (including phenoxy) is 1. The number of hydrogen-bond acceptors (Lipinski definition) is 8. The van der Waals surface area contributed by atoms with Crippen molar-refractivity contribution in [1.29, 1.82) is 0 Å². The van der Waals surface area contributed by atoms with Gasteiger partial charge in [-0.1, -0.05) is 6.07 Å². The average Bonchev–Trinajstić information content (AvgIpc) is 3.48. The molecule has 0 N–H and O–H groups in total. The molecule has 4 heterocycles. The number of fused-ring (bicyclic) bond motifs is 1. The van der Waals surface area contributed by atoms with Gasteiger partial charge < -0.3 is 4.74 Å². The lowest BCUT2D eigenvalue weighted by atomic mass is 9.84. The summed E-state index contributed by atoms with van der Waals surface area (Å²) < 4.78 is 77.9. The van der Waals surface area contributed by atoms with Crippen LogP contribution in [-0.2, 0) is 22.6 Å². The van der Waals surface area contributed by atoms with Gasteiger partial charge in [0.25, 0.3) is 0 Å². The fraction of sp³-hybridized carbons (Fsp3) is 0.500. The molecule has 0 spiro atoms. The highest BCUT2D eigenvalue weighted by atomic mass is 32.2. The van der Waals surface area contributed by atoms with E-state index >= 15 is 0 Å². The molecular weight excluding hydrogens is 503 g/mol. The Morgan fingerprint density at radius 3 is 2.74 bits per heavy atom. The Morgan fingerprint density at radius 1 is 1.23 bits per heavy atom. The second kappa shape index (κ2) is 9.17. The van der Waals surface area contributed by atoms with Gasteiger partial charge in [-0.3, -0.25) is 9.58 Å². The van der Waals surface area contributed by atoms with E-state index in [1.54, 1.807) is 36.3 Å². The van der Waals surface area contributed by atoms with Crippen LogP contribution in [-0.4, -0.2) is 51.8 Å². The minimum Gasteiger partial charge on any atom is -0.493 e. The van der Waals surface area contributed by atoms with E-state index in [0.29, 0.717) is 23.8 Å². The zero-order valence-corrected chi connectivity index (χ0v) is 20.5. The molecule has 3 atom stereocenters. The quantitative estimate of drug-likeness (QED) is 0.494. The predicted octanol–water partition coefficient (Wildman–Crippen LogP) is 4.08. The van der Waals surface area contributed by atoms with Crippen LogP contribution in [0.25, 0.3) is 0 Å². The predicted molar refractivity (Wildman–Crippen MR) is 122 cm³/mol. The van der Waals surface area contributed by atoms with Crippen LogP contribution in [0.4, 0.5) is 13.2 Å². The summed E-state index contributed by atoms with van der Waals surface area (Å²) >= 11 is 1.03. The Balaban J connectivity index is 1.45. The molecule has 1 aromatic carbocycles. The van der Waals surface area contributed by atoms with E-state index in [0.717, 1.165) is 22.7 Å². The summed E-state index contributed by atoms with van der Waals surface area (Å²) in [4.78, 5) is 6.16. The van der Waals surface area contributed by atoms with Gasteiger partial charge in [-0.25, -0.2) is 13.4 Å². The molecule has 5 rings (SSSR count). The lowest BCUT2D eigenvalue weighted by molar-refractivity contribution is -0.192. The van der Waals surface area contributed by atoms with Gasteiger partial charge in [0.15, 0.2) is 9.84 Å². The molecular formula is C22H24F3N5O3S2. The van der Waals surface area contributed by atoms with Crippen LogP contribution in [0.15, 0.2) is 41.8 Å². The number of nitrogens with zero attached hydrogens (tertiary/aromatic N) is 5. The molecule has 13 heteroatoms. The Hall–Kier alpha value is -2.51. The number of alkyl halides is 3. The minimum absolute atomic E-state index is 0.0151. The normalized spacial score (nSPS) is 23.6. The number of halogens is 3. The van der Waals surface area contributed by atoms with Crippen molar-refractivity contribution in [3.63, 3.8) is 0 Å². The van der Waals surface area contributed by atoms with E-state index in [1.165, 1.54) is 12.4 Å². The van der Waals surface area contributed by atoms with Gasteiger partial charge in [0.05, 0.1) is 23.6 Å². The van der Waals surface area contributed by atoms with Crippen LogP contribution in [0.3, 0.4) is 0 Å². The van der Waals surface area contributed by atoms with Crippen LogP contribution in [0.1, 0.15) is 47.5 Å². The molecule has 2 aromatic heterocycles. The number of aromatic nitrogens is 4. The van der Waals surface area contributed by atoms with Crippen LogP contribution < -0.4 is 4.74 Å². The summed E-state index contributed by atoms with van der Waals surface area (Å²) in [6, 6.07) is 4.12. The van der Waals surface area contributed by atoms with Crippen LogP contribution in [0.2, 0.25) is 0 Å². The first kappa shape index (κ1) is 24.2. The summed E-state index contributed by atoms with van der Waals surface area (Å²) in [5.41, 5.74) is 1.52. The molecule has 0 amide bonds. The molecule has 35 heavy (non-hydrogen) atoms. The number of likely N-dealkylation sites (tertiary alicyclic amines) is 1. The van der Waals surface area contributed by atoms with Gasteiger partial charge >= 0.3 is 6.18 Å².